The fourth-order valence-electron chi connectivity index (χ4n) is 14.6. The molecule has 4 saturated carbocycles. The Morgan fingerprint density at radius 3 is 1.94 bits per heavy atom. The molecule has 62 heavy (non-hydrogen) atoms. The fourth-order valence-corrected chi connectivity index (χ4v) is 14.6. The van der Waals surface area contributed by atoms with E-state index in [9.17, 15) is 46.0 Å². The molecule has 0 amide bonds. The molecule has 5 aliphatic heterocycles. The van der Waals surface area contributed by atoms with Gasteiger partial charge in [-0.15, -0.1) is 0 Å². The van der Waals surface area contributed by atoms with Crippen molar-refractivity contribution >= 4 is 0 Å². The predicted molar refractivity (Wildman–Crippen MR) is 214 cm³/mol. The van der Waals surface area contributed by atoms with Crippen molar-refractivity contribution in [1.29, 1.82) is 0 Å². The minimum absolute atomic E-state index is 0.0972. The summed E-state index contributed by atoms with van der Waals surface area (Å²) >= 11 is 0. The Morgan fingerprint density at radius 1 is 0.581 bits per heavy atom. The molecule has 0 unspecified atom stereocenters. The van der Waals surface area contributed by atoms with Gasteiger partial charge in [-0.05, 0) is 111 Å². The van der Waals surface area contributed by atoms with Crippen LogP contribution in [0.15, 0.2) is 0 Å². The van der Waals surface area contributed by atoms with E-state index < -0.39 is 111 Å². The first-order valence-corrected chi connectivity index (χ1v) is 23.7. The molecule has 17 heteroatoms. The van der Waals surface area contributed by atoms with Crippen LogP contribution in [0.4, 0.5) is 0 Å². The first kappa shape index (κ1) is 46.4. The monoisotopic (exact) mass is 886 g/mol. The van der Waals surface area contributed by atoms with E-state index in [0.29, 0.717) is 47.8 Å². The lowest BCUT2D eigenvalue weighted by Crippen LogP contribution is -2.67. The van der Waals surface area contributed by atoms with E-state index in [2.05, 4.69) is 27.7 Å². The summed E-state index contributed by atoms with van der Waals surface area (Å²) in [6.07, 6.45) is -12.7. The lowest BCUT2D eigenvalue weighted by atomic mass is 9.44. The molecule has 1 spiro atoms. The lowest BCUT2D eigenvalue weighted by molar-refractivity contribution is -0.391. The summed E-state index contributed by atoms with van der Waals surface area (Å²) in [5.41, 5.74) is 0.311. The maximum atomic E-state index is 12.0. The van der Waals surface area contributed by atoms with Gasteiger partial charge >= 0.3 is 0 Å². The van der Waals surface area contributed by atoms with E-state index >= 15 is 0 Å². The van der Waals surface area contributed by atoms with E-state index in [1.165, 1.54) is 19.8 Å². The molecule has 0 radical (unpaired) electrons. The van der Waals surface area contributed by atoms with Gasteiger partial charge in [-0.3, -0.25) is 0 Å². The van der Waals surface area contributed by atoms with E-state index in [-0.39, 0.29) is 23.0 Å². The van der Waals surface area contributed by atoms with Gasteiger partial charge in [0.05, 0.1) is 38.1 Å². The van der Waals surface area contributed by atoms with Crippen molar-refractivity contribution in [3.8, 4) is 0 Å². The molecule has 17 nitrogen and oxygen atoms in total. The van der Waals surface area contributed by atoms with Crippen LogP contribution < -0.4 is 0 Å². The number of aliphatic hydroxyl groups is 9. The van der Waals surface area contributed by atoms with Gasteiger partial charge in [-0.2, -0.15) is 0 Å². The first-order valence-electron chi connectivity index (χ1n) is 23.7. The molecule has 0 aromatic carbocycles. The maximum Gasteiger partial charge on any atom is 0.187 e. The van der Waals surface area contributed by atoms with Crippen LogP contribution in [0.3, 0.4) is 0 Å². The molecule has 5 heterocycles. The van der Waals surface area contributed by atoms with Crippen LogP contribution in [-0.2, 0) is 37.9 Å². The average molecular weight is 887 g/mol. The van der Waals surface area contributed by atoms with Crippen molar-refractivity contribution in [3.05, 3.63) is 0 Å². The number of hydrogen-bond acceptors (Lipinski definition) is 17. The third-order valence-corrected chi connectivity index (χ3v) is 18.2. The highest BCUT2D eigenvalue weighted by Crippen LogP contribution is 2.71. The molecular formula is C45H74O17. The van der Waals surface area contributed by atoms with Crippen molar-refractivity contribution in [2.24, 2.45) is 52.3 Å². The van der Waals surface area contributed by atoms with Gasteiger partial charge in [0, 0.05) is 12.3 Å². The number of aliphatic hydroxyl groups excluding tert-OH is 9. The third-order valence-electron chi connectivity index (χ3n) is 18.2. The number of hydrogen-bond donors (Lipinski definition) is 9. The highest BCUT2D eigenvalue weighted by atomic mass is 16.8. The quantitative estimate of drug-likeness (QED) is 0.149. The van der Waals surface area contributed by atoms with Crippen LogP contribution in [0.5, 0.6) is 0 Å². The van der Waals surface area contributed by atoms with Crippen LogP contribution >= 0.6 is 0 Å². The zero-order chi connectivity index (χ0) is 44.2. The highest BCUT2D eigenvalue weighted by Gasteiger charge is 2.69. The smallest absolute Gasteiger partial charge is 0.187 e. The topological polar surface area (TPSA) is 256 Å². The van der Waals surface area contributed by atoms with Gasteiger partial charge in [0.2, 0.25) is 0 Å². The second kappa shape index (κ2) is 17.4. The summed E-state index contributed by atoms with van der Waals surface area (Å²) in [7, 11) is 0. The van der Waals surface area contributed by atoms with Gasteiger partial charge in [0.15, 0.2) is 24.7 Å². The molecule has 5 saturated heterocycles. The van der Waals surface area contributed by atoms with E-state index in [4.69, 9.17) is 37.9 Å². The largest absolute Gasteiger partial charge is 0.394 e. The minimum atomic E-state index is -1.81. The van der Waals surface area contributed by atoms with Gasteiger partial charge in [-0.25, -0.2) is 0 Å². The van der Waals surface area contributed by atoms with E-state index in [1.54, 1.807) is 0 Å². The number of rotatable bonds is 8. The Bertz CT molecular complexity index is 1550. The Morgan fingerprint density at radius 2 is 1.24 bits per heavy atom. The van der Waals surface area contributed by atoms with Gasteiger partial charge in [0.1, 0.15) is 67.1 Å². The van der Waals surface area contributed by atoms with Crippen LogP contribution in [0, 0.1) is 52.3 Å². The molecule has 9 rings (SSSR count). The lowest BCUT2D eigenvalue weighted by Gasteiger charge is -2.61. The second-order valence-corrected chi connectivity index (χ2v) is 21.5. The fraction of sp³-hybridized carbons (Fsp3) is 1.00. The van der Waals surface area contributed by atoms with Crippen molar-refractivity contribution in [1.82, 2.24) is 0 Å². The summed E-state index contributed by atoms with van der Waals surface area (Å²) in [5.74, 6) is 3.15. The molecule has 4 aliphatic carbocycles. The third kappa shape index (κ3) is 7.56. The Kier molecular flexibility index (Phi) is 13.1. The molecule has 0 bridgehead atoms. The van der Waals surface area contributed by atoms with Gasteiger partial charge in [0.25, 0.3) is 0 Å². The summed E-state index contributed by atoms with van der Waals surface area (Å²) < 4.78 is 50.0. The highest BCUT2D eigenvalue weighted by molar-refractivity contribution is 5.15. The maximum absolute atomic E-state index is 12.0. The molecule has 9 fully saturated rings. The van der Waals surface area contributed by atoms with Crippen LogP contribution in [0.1, 0.15) is 98.8 Å². The molecular weight excluding hydrogens is 812 g/mol. The van der Waals surface area contributed by atoms with E-state index in [1.807, 2.05) is 0 Å². The predicted octanol–water partition coefficient (Wildman–Crippen LogP) is 0.294. The van der Waals surface area contributed by atoms with Crippen LogP contribution in [0.2, 0.25) is 0 Å². The molecule has 9 aliphatic rings. The van der Waals surface area contributed by atoms with Crippen molar-refractivity contribution in [2.75, 3.05) is 19.8 Å². The molecule has 9 N–H and O–H groups in total. The zero-order valence-corrected chi connectivity index (χ0v) is 36.8. The Balaban J connectivity index is 0.902. The van der Waals surface area contributed by atoms with Crippen molar-refractivity contribution < 1.29 is 83.9 Å². The summed E-state index contributed by atoms with van der Waals surface area (Å²) in [5, 5.41) is 95.9. The standard InChI is InChI=1S/C45H74O17/c1-19-8-13-45(55-18-19)20(2)30-27(62-45)15-26-24-7-6-22-14-23(9-11-43(22,4)25(24)10-12-44(26,30)5)57-42-39(61-41-36(53)34(51)32(49)28(16-46)58-41)37(54)38(29(17-47)59-42)60-40-35(52)33(50)31(48)21(3)56-40/h19-42,46-54H,6-18H2,1-5H3/t19-,20-,21-,22+,23-,24+,25+,26-,27-,28+,29+,30-,31-,32+,33+,34-,35+,36+,37-,38+,39+,40-,41-,42+,43-,44-,45+/m0/s1. The normalized spacial score (nSPS) is 58.9. The molecule has 27 atom stereocenters. The van der Waals surface area contributed by atoms with Crippen LogP contribution in [-0.4, -0.2) is 176 Å². The van der Waals surface area contributed by atoms with Gasteiger partial charge in [-0.1, -0.05) is 27.7 Å². The van der Waals surface area contributed by atoms with Gasteiger partial charge < -0.3 is 83.9 Å². The number of ether oxygens (including phenoxy) is 8. The summed E-state index contributed by atoms with van der Waals surface area (Å²) in [6, 6.07) is 0. The molecule has 356 valence electrons. The number of fused-ring (bicyclic) bond motifs is 7. The SMILES string of the molecule is C[C@H]1CC[C@@]2(OC1)O[C@H]1C[C@H]3[C@@H]4CC[C@@H]5C[C@@H](O[C@@H]6O[C@H](CO)[C@@H](O[C@@H]7O[C@@H](C)[C@H](O)[C@@H](O)[C@H]7O)[C@H](O)[C@H]6O[C@@H]6O[C@H](CO)[C@@H](O)[C@H](O)[C@H]6O)CC[C@]5(C)[C@@H]4CC[C@]3(C)[C@H]1[C@@H]2C. The van der Waals surface area contributed by atoms with Crippen LogP contribution in [0.25, 0.3) is 0 Å². The summed E-state index contributed by atoms with van der Waals surface area (Å²) in [6.45, 7) is 10.6. The average Bonchev–Trinajstić information content (AvgIpc) is 3.70. The first-order chi connectivity index (χ1) is 29.4. The zero-order valence-electron chi connectivity index (χ0n) is 36.8. The second-order valence-electron chi connectivity index (χ2n) is 21.5. The Labute approximate surface area is 364 Å². The van der Waals surface area contributed by atoms with E-state index in [0.717, 1.165) is 51.6 Å². The molecule has 0 aromatic heterocycles. The van der Waals surface area contributed by atoms with Crippen molar-refractivity contribution in [2.45, 2.75) is 209 Å². The summed E-state index contributed by atoms with van der Waals surface area (Å²) in [4.78, 5) is 0. The Hall–Kier alpha value is -0.680. The molecule has 0 aromatic rings. The minimum Gasteiger partial charge on any atom is -0.394 e. The van der Waals surface area contributed by atoms with Crippen molar-refractivity contribution in [3.63, 3.8) is 0 Å².